The zero-order valence-corrected chi connectivity index (χ0v) is 13.9. The summed E-state index contributed by atoms with van der Waals surface area (Å²) >= 11 is 0. The molecule has 0 spiro atoms. The molecule has 6 nitrogen and oxygen atoms in total. The highest BCUT2D eigenvalue weighted by molar-refractivity contribution is 5.92. The fraction of sp³-hybridized carbons (Fsp3) is 0.389. The van der Waals surface area contributed by atoms with E-state index in [-0.39, 0.29) is 5.91 Å². The molecule has 0 N–H and O–H groups in total. The summed E-state index contributed by atoms with van der Waals surface area (Å²) in [4.78, 5) is 24.9. The van der Waals surface area contributed by atoms with Gasteiger partial charge in [-0.3, -0.25) is 9.69 Å². The third-order valence-corrected chi connectivity index (χ3v) is 4.06. The summed E-state index contributed by atoms with van der Waals surface area (Å²) in [5, 5.41) is 0. The van der Waals surface area contributed by atoms with Crippen LogP contribution in [0.5, 0.6) is 5.88 Å². The molecule has 0 atom stereocenters. The van der Waals surface area contributed by atoms with Crippen LogP contribution in [0.25, 0.3) is 0 Å². The zero-order chi connectivity index (χ0) is 16.8. The molecule has 126 valence electrons. The van der Waals surface area contributed by atoms with E-state index >= 15 is 0 Å². The van der Waals surface area contributed by atoms with Crippen LogP contribution in [0, 0.1) is 0 Å². The maximum Gasteiger partial charge on any atom is 0.272 e. The predicted molar refractivity (Wildman–Crippen MR) is 90.8 cm³/mol. The molecule has 1 aliphatic rings. The molecule has 24 heavy (non-hydrogen) atoms. The first kappa shape index (κ1) is 16.4. The Morgan fingerprint density at radius 1 is 1.12 bits per heavy atom. The van der Waals surface area contributed by atoms with E-state index in [2.05, 4.69) is 39.1 Å². The average Bonchev–Trinajstić information content (AvgIpc) is 2.63. The van der Waals surface area contributed by atoms with Crippen molar-refractivity contribution in [1.29, 1.82) is 0 Å². The van der Waals surface area contributed by atoms with Crippen molar-refractivity contribution in [3.05, 3.63) is 54.0 Å². The van der Waals surface area contributed by atoms with Crippen LogP contribution in [0.4, 0.5) is 0 Å². The number of amides is 1. The van der Waals surface area contributed by atoms with Crippen molar-refractivity contribution in [2.75, 3.05) is 32.8 Å². The van der Waals surface area contributed by atoms with E-state index in [1.54, 1.807) is 6.07 Å². The largest absolute Gasteiger partial charge is 0.478 e. The first-order chi connectivity index (χ1) is 11.8. The zero-order valence-electron chi connectivity index (χ0n) is 13.9. The van der Waals surface area contributed by atoms with Crippen molar-refractivity contribution in [2.45, 2.75) is 13.5 Å². The Morgan fingerprint density at radius 3 is 2.58 bits per heavy atom. The van der Waals surface area contributed by atoms with Crippen LogP contribution in [0.2, 0.25) is 0 Å². The van der Waals surface area contributed by atoms with Gasteiger partial charge in [0.25, 0.3) is 5.91 Å². The molecule has 2 aromatic rings. The lowest BCUT2D eigenvalue weighted by Crippen LogP contribution is -2.48. The Morgan fingerprint density at radius 2 is 1.88 bits per heavy atom. The Hall–Kier alpha value is -2.47. The first-order valence-corrected chi connectivity index (χ1v) is 8.26. The summed E-state index contributed by atoms with van der Waals surface area (Å²) in [5.41, 5.74) is 1.69. The van der Waals surface area contributed by atoms with Gasteiger partial charge >= 0.3 is 0 Å². The highest BCUT2D eigenvalue weighted by Gasteiger charge is 2.23. The number of piperazine rings is 1. The molecule has 1 aromatic heterocycles. The Balaban J connectivity index is 1.56. The van der Waals surface area contributed by atoms with E-state index in [0.717, 1.165) is 19.6 Å². The number of rotatable bonds is 5. The lowest BCUT2D eigenvalue weighted by Gasteiger charge is -2.34. The van der Waals surface area contributed by atoms with Crippen molar-refractivity contribution in [3.63, 3.8) is 0 Å². The standard InChI is InChI=1S/C18H22N4O2/c1-2-24-17-12-16(19-14-20-17)18(23)22-10-8-21(9-11-22)13-15-6-4-3-5-7-15/h3-7,12,14H,2,8-11,13H2,1H3. The molecule has 0 radical (unpaired) electrons. The second kappa shape index (κ2) is 7.88. The SMILES string of the molecule is CCOc1cc(C(=O)N2CCN(Cc3ccccc3)CC2)ncn1. The maximum atomic E-state index is 12.6. The fourth-order valence-electron chi connectivity index (χ4n) is 2.80. The summed E-state index contributed by atoms with van der Waals surface area (Å²) in [6.45, 7) is 6.47. The minimum absolute atomic E-state index is 0.0577. The molecular weight excluding hydrogens is 304 g/mol. The average molecular weight is 326 g/mol. The van der Waals surface area contributed by atoms with Gasteiger partial charge in [0.15, 0.2) is 0 Å². The summed E-state index contributed by atoms with van der Waals surface area (Å²) in [7, 11) is 0. The molecule has 0 bridgehead atoms. The van der Waals surface area contributed by atoms with Crippen molar-refractivity contribution < 1.29 is 9.53 Å². The highest BCUT2D eigenvalue weighted by atomic mass is 16.5. The van der Waals surface area contributed by atoms with E-state index in [0.29, 0.717) is 31.3 Å². The minimum Gasteiger partial charge on any atom is -0.478 e. The van der Waals surface area contributed by atoms with Gasteiger partial charge in [-0.05, 0) is 12.5 Å². The summed E-state index contributed by atoms with van der Waals surface area (Å²) in [6.07, 6.45) is 1.38. The third kappa shape index (κ3) is 4.08. The molecule has 0 saturated carbocycles. The number of hydrogen-bond acceptors (Lipinski definition) is 5. The molecule has 1 aromatic carbocycles. The van der Waals surface area contributed by atoms with Gasteiger partial charge in [-0.1, -0.05) is 30.3 Å². The van der Waals surface area contributed by atoms with E-state index in [9.17, 15) is 4.79 Å². The van der Waals surface area contributed by atoms with Crippen molar-refractivity contribution in [2.24, 2.45) is 0 Å². The molecular formula is C18H22N4O2. The van der Waals surface area contributed by atoms with Gasteiger partial charge in [0.1, 0.15) is 12.0 Å². The number of ether oxygens (including phenoxy) is 1. The molecule has 6 heteroatoms. The van der Waals surface area contributed by atoms with Crippen molar-refractivity contribution in [1.82, 2.24) is 19.8 Å². The van der Waals surface area contributed by atoms with Gasteiger partial charge in [0.2, 0.25) is 5.88 Å². The van der Waals surface area contributed by atoms with Crippen LogP contribution >= 0.6 is 0 Å². The lowest BCUT2D eigenvalue weighted by molar-refractivity contribution is 0.0622. The fourth-order valence-corrected chi connectivity index (χ4v) is 2.80. The number of nitrogens with zero attached hydrogens (tertiary/aromatic N) is 4. The molecule has 1 amide bonds. The van der Waals surface area contributed by atoms with Crippen LogP contribution in [0.1, 0.15) is 23.0 Å². The molecule has 3 rings (SSSR count). The normalized spacial score (nSPS) is 15.3. The molecule has 1 aliphatic heterocycles. The second-order valence-corrected chi connectivity index (χ2v) is 5.73. The number of benzene rings is 1. The maximum absolute atomic E-state index is 12.6. The van der Waals surface area contributed by atoms with Crippen LogP contribution in [0.3, 0.4) is 0 Å². The van der Waals surface area contributed by atoms with Crippen LogP contribution < -0.4 is 4.74 Å². The molecule has 1 saturated heterocycles. The first-order valence-electron chi connectivity index (χ1n) is 8.26. The summed E-state index contributed by atoms with van der Waals surface area (Å²) in [5.74, 6) is 0.385. The van der Waals surface area contributed by atoms with Crippen LogP contribution in [0.15, 0.2) is 42.7 Å². The third-order valence-electron chi connectivity index (χ3n) is 4.06. The Kier molecular flexibility index (Phi) is 5.38. The van der Waals surface area contributed by atoms with E-state index in [1.807, 2.05) is 17.9 Å². The van der Waals surface area contributed by atoms with E-state index in [1.165, 1.54) is 11.9 Å². The van der Waals surface area contributed by atoms with Gasteiger partial charge in [-0.25, -0.2) is 9.97 Å². The van der Waals surface area contributed by atoms with Crippen LogP contribution in [-0.2, 0) is 6.54 Å². The Labute approximate surface area is 142 Å². The molecule has 1 fully saturated rings. The smallest absolute Gasteiger partial charge is 0.272 e. The number of carbonyl (C=O) groups excluding carboxylic acids is 1. The monoisotopic (exact) mass is 326 g/mol. The number of hydrogen-bond donors (Lipinski definition) is 0. The van der Waals surface area contributed by atoms with Crippen molar-refractivity contribution >= 4 is 5.91 Å². The van der Waals surface area contributed by atoms with E-state index < -0.39 is 0 Å². The Bertz CT molecular complexity index is 670. The van der Waals surface area contributed by atoms with Gasteiger partial charge in [-0.15, -0.1) is 0 Å². The van der Waals surface area contributed by atoms with Gasteiger partial charge in [0, 0.05) is 38.8 Å². The molecule has 2 heterocycles. The number of aromatic nitrogens is 2. The quantitative estimate of drug-likeness (QED) is 0.839. The predicted octanol–water partition coefficient (Wildman–Crippen LogP) is 1.83. The van der Waals surface area contributed by atoms with Gasteiger partial charge in [-0.2, -0.15) is 0 Å². The van der Waals surface area contributed by atoms with E-state index in [4.69, 9.17) is 4.74 Å². The number of carbonyl (C=O) groups is 1. The van der Waals surface area contributed by atoms with Crippen LogP contribution in [-0.4, -0.2) is 58.5 Å². The highest BCUT2D eigenvalue weighted by Crippen LogP contribution is 2.13. The minimum atomic E-state index is -0.0577. The van der Waals surface area contributed by atoms with Gasteiger partial charge < -0.3 is 9.64 Å². The molecule has 0 unspecified atom stereocenters. The van der Waals surface area contributed by atoms with Crippen molar-refractivity contribution in [3.8, 4) is 5.88 Å². The lowest BCUT2D eigenvalue weighted by atomic mass is 10.2. The second-order valence-electron chi connectivity index (χ2n) is 5.73. The molecule has 0 aliphatic carbocycles. The summed E-state index contributed by atoms with van der Waals surface area (Å²) in [6, 6.07) is 12.0. The summed E-state index contributed by atoms with van der Waals surface area (Å²) < 4.78 is 5.34. The topological polar surface area (TPSA) is 58.6 Å². The van der Waals surface area contributed by atoms with Gasteiger partial charge in [0.05, 0.1) is 6.61 Å².